The summed E-state index contributed by atoms with van der Waals surface area (Å²) in [5.74, 6) is 0.926. The van der Waals surface area contributed by atoms with Crippen molar-refractivity contribution < 1.29 is 19.1 Å². The smallest absolute Gasteiger partial charge is 0.283 e. The highest BCUT2D eigenvalue weighted by Crippen LogP contribution is 2.39. The van der Waals surface area contributed by atoms with E-state index < -0.39 is 11.8 Å². The van der Waals surface area contributed by atoms with Gasteiger partial charge in [0.2, 0.25) is 0 Å². The van der Waals surface area contributed by atoms with E-state index in [-0.39, 0.29) is 10.6 Å². The maximum atomic E-state index is 13.6. The number of imide groups is 1. The highest BCUT2D eigenvalue weighted by molar-refractivity contribution is 8.04. The molecule has 0 radical (unpaired) electrons. The summed E-state index contributed by atoms with van der Waals surface area (Å²) < 4.78 is 11.3. The predicted molar refractivity (Wildman–Crippen MR) is 146 cm³/mol. The predicted octanol–water partition coefficient (Wildman–Crippen LogP) is 7.13. The summed E-state index contributed by atoms with van der Waals surface area (Å²) in [7, 11) is 1.55. The van der Waals surface area contributed by atoms with Gasteiger partial charge in [-0.2, -0.15) is 0 Å². The summed E-state index contributed by atoms with van der Waals surface area (Å²) in [6.07, 6.45) is 0. The lowest BCUT2D eigenvalue weighted by atomic mass is 10.2. The lowest BCUT2D eigenvalue weighted by Gasteiger charge is -2.16. The number of methoxy groups -OCH3 is 1. The number of amides is 2. The molecule has 1 aliphatic heterocycles. The first kappa shape index (κ1) is 24.5. The molecule has 6 nitrogen and oxygen atoms in total. The number of thioether (sulfide) groups is 1. The van der Waals surface area contributed by atoms with E-state index in [4.69, 9.17) is 21.1 Å². The molecule has 0 fully saturated rings. The number of halogens is 1. The number of benzene rings is 4. The van der Waals surface area contributed by atoms with E-state index in [0.717, 1.165) is 9.80 Å². The van der Waals surface area contributed by atoms with Crippen molar-refractivity contribution in [1.82, 2.24) is 0 Å². The van der Waals surface area contributed by atoms with E-state index in [0.29, 0.717) is 33.6 Å². The van der Waals surface area contributed by atoms with Gasteiger partial charge in [-0.05, 0) is 72.8 Å². The SMILES string of the molecule is COc1ccccc1NC1=C(Sc2ccc(Cl)cc2)C(=O)N(c2ccc(Oc3ccccc3)cc2)C1=O. The molecule has 1 N–H and O–H groups in total. The highest BCUT2D eigenvalue weighted by atomic mass is 35.5. The lowest BCUT2D eigenvalue weighted by molar-refractivity contribution is -0.120. The Labute approximate surface area is 223 Å². The van der Waals surface area contributed by atoms with Crippen molar-refractivity contribution in [3.63, 3.8) is 0 Å². The van der Waals surface area contributed by atoms with E-state index >= 15 is 0 Å². The topological polar surface area (TPSA) is 67.9 Å². The average molecular weight is 529 g/mol. The van der Waals surface area contributed by atoms with Crippen LogP contribution in [0.3, 0.4) is 0 Å². The van der Waals surface area contributed by atoms with Crippen LogP contribution in [0.15, 0.2) is 119 Å². The minimum absolute atomic E-state index is 0.166. The number of rotatable bonds is 8. The number of carbonyl (C=O) groups is 2. The number of nitrogens with zero attached hydrogens (tertiary/aromatic N) is 1. The Kier molecular flexibility index (Phi) is 7.16. The molecule has 4 aromatic rings. The second-order valence-electron chi connectivity index (χ2n) is 7.94. The zero-order chi connectivity index (χ0) is 25.8. The van der Waals surface area contributed by atoms with Crippen LogP contribution in [0, 0.1) is 0 Å². The monoisotopic (exact) mass is 528 g/mol. The van der Waals surface area contributed by atoms with Gasteiger partial charge in [-0.15, -0.1) is 0 Å². The first-order valence-corrected chi connectivity index (χ1v) is 12.5. The van der Waals surface area contributed by atoms with Gasteiger partial charge in [0.15, 0.2) is 0 Å². The van der Waals surface area contributed by atoms with E-state index in [2.05, 4.69) is 5.32 Å². The van der Waals surface area contributed by atoms with Gasteiger partial charge in [0.1, 0.15) is 27.9 Å². The fourth-order valence-electron chi connectivity index (χ4n) is 3.74. The second kappa shape index (κ2) is 10.8. The van der Waals surface area contributed by atoms with Crippen LogP contribution in [0.2, 0.25) is 5.02 Å². The first-order valence-electron chi connectivity index (χ1n) is 11.3. The third kappa shape index (κ3) is 5.33. The summed E-state index contributed by atoms with van der Waals surface area (Å²) in [6.45, 7) is 0. The molecule has 4 aromatic carbocycles. The van der Waals surface area contributed by atoms with Crippen molar-refractivity contribution in [2.75, 3.05) is 17.3 Å². The highest BCUT2D eigenvalue weighted by Gasteiger charge is 2.40. The van der Waals surface area contributed by atoms with Crippen molar-refractivity contribution in [1.29, 1.82) is 0 Å². The number of nitrogens with one attached hydrogen (secondary N) is 1. The van der Waals surface area contributed by atoms with E-state index in [9.17, 15) is 9.59 Å². The van der Waals surface area contributed by atoms with Crippen molar-refractivity contribution in [2.45, 2.75) is 4.90 Å². The van der Waals surface area contributed by atoms with Gasteiger partial charge < -0.3 is 14.8 Å². The van der Waals surface area contributed by atoms with Gasteiger partial charge in [0, 0.05) is 9.92 Å². The molecule has 0 aliphatic carbocycles. The zero-order valence-electron chi connectivity index (χ0n) is 19.7. The molecule has 0 atom stereocenters. The molecular weight excluding hydrogens is 508 g/mol. The van der Waals surface area contributed by atoms with Gasteiger partial charge in [0.05, 0.1) is 18.5 Å². The van der Waals surface area contributed by atoms with Crippen LogP contribution in [0.1, 0.15) is 0 Å². The second-order valence-corrected chi connectivity index (χ2v) is 9.46. The van der Waals surface area contributed by atoms with Crippen molar-refractivity contribution >= 4 is 46.6 Å². The molecule has 2 amide bonds. The molecule has 0 spiro atoms. The molecule has 0 saturated heterocycles. The summed E-state index contributed by atoms with van der Waals surface area (Å²) in [6, 6.07) is 30.5. The van der Waals surface area contributed by atoms with E-state index in [1.807, 2.05) is 42.5 Å². The van der Waals surface area contributed by atoms with Crippen LogP contribution >= 0.6 is 23.4 Å². The Bertz CT molecular complexity index is 1470. The summed E-state index contributed by atoms with van der Waals surface area (Å²) in [5, 5.41) is 3.72. The molecule has 184 valence electrons. The Morgan fingerprint density at radius 1 is 0.757 bits per heavy atom. The molecule has 1 aliphatic rings. The molecular formula is C29H21ClN2O4S. The van der Waals surface area contributed by atoms with Crippen molar-refractivity contribution in [3.05, 3.63) is 119 Å². The van der Waals surface area contributed by atoms with Crippen molar-refractivity contribution in [3.8, 4) is 17.2 Å². The minimum atomic E-state index is -0.468. The number of carbonyl (C=O) groups excluding carboxylic acids is 2. The van der Waals surface area contributed by atoms with E-state index in [1.165, 1.54) is 11.8 Å². The standard InChI is InChI=1S/C29H21ClN2O4S/c1-35-25-10-6-5-9-24(25)31-26-27(37-23-17-11-19(30)12-18-23)29(34)32(28(26)33)20-13-15-22(16-14-20)36-21-7-3-2-4-8-21/h2-18,31H,1H3. The minimum Gasteiger partial charge on any atom is -0.495 e. The van der Waals surface area contributed by atoms with Crippen LogP contribution in [-0.4, -0.2) is 18.9 Å². The number of para-hydroxylation sites is 3. The van der Waals surface area contributed by atoms with Crippen LogP contribution < -0.4 is 19.7 Å². The van der Waals surface area contributed by atoms with Crippen molar-refractivity contribution in [2.24, 2.45) is 0 Å². The van der Waals surface area contributed by atoms with Crippen LogP contribution in [0.25, 0.3) is 0 Å². The molecule has 0 unspecified atom stereocenters. The Morgan fingerprint density at radius 3 is 2.11 bits per heavy atom. The lowest BCUT2D eigenvalue weighted by Crippen LogP contribution is -2.32. The summed E-state index contributed by atoms with van der Waals surface area (Å²) in [5.41, 5.74) is 1.17. The average Bonchev–Trinajstić information content (AvgIpc) is 3.15. The number of anilines is 2. The Morgan fingerprint density at radius 2 is 1.41 bits per heavy atom. The van der Waals surface area contributed by atoms with Gasteiger partial charge in [-0.1, -0.05) is 53.7 Å². The number of hydrogen-bond donors (Lipinski definition) is 1. The molecule has 8 heteroatoms. The molecule has 0 bridgehead atoms. The Hall–Kier alpha value is -4.20. The van der Waals surface area contributed by atoms with Crippen LogP contribution in [-0.2, 0) is 9.59 Å². The largest absolute Gasteiger partial charge is 0.495 e. The number of ether oxygens (including phenoxy) is 2. The normalized spacial score (nSPS) is 13.2. The quantitative estimate of drug-likeness (QED) is 0.245. The maximum absolute atomic E-state index is 13.6. The van der Waals surface area contributed by atoms with Gasteiger partial charge in [-0.3, -0.25) is 9.59 Å². The van der Waals surface area contributed by atoms with Gasteiger partial charge in [-0.25, -0.2) is 4.90 Å². The zero-order valence-corrected chi connectivity index (χ0v) is 21.3. The third-order valence-electron chi connectivity index (χ3n) is 5.52. The molecule has 0 aromatic heterocycles. The molecule has 1 heterocycles. The van der Waals surface area contributed by atoms with Crippen LogP contribution in [0.5, 0.6) is 17.2 Å². The van der Waals surface area contributed by atoms with Gasteiger partial charge >= 0.3 is 0 Å². The Balaban J connectivity index is 1.46. The molecule has 5 rings (SSSR count). The number of hydrogen-bond acceptors (Lipinski definition) is 6. The molecule has 0 saturated carbocycles. The molecule has 37 heavy (non-hydrogen) atoms. The fraction of sp³-hybridized carbons (Fsp3) is 0.0345. The maximum Gasteiger partial charge on any atom is 0.283 e. The van der Waals surface area contributed by atoms with Gasteiger partial charge in [0.25, 0.3) is 11.8 Å². The van der Waals surface area contributed by atoms with Crippen LogP contribution in [0.4, 0.5) is 11.4 Å². The first-order chi connectivity index (χ1) is 18.0. The third-order valence-corrected chi connectivity index (χ3v) is 6.86. The fourth-order valence-corrected chi connectivity index (χ4v) is 4.79. The summed E-state index contributed by atoms with van der Waals surface area (Å²) in [4.78, 5) is 29.4. The van der Waals surface area contributed by atoms with E-state index in [1.54, 1.807) is 67.8 Å². The summed E-state index contributed by atoms with van der Waals surface area (Å²) >= 11 is 7.23.